The zero-order valence-electron chi connectivity index (χ0n) is 3.99. The second-order valence-electron chi connectivity index (χ2n) is 1.11. The first kappa shape index (κ1) is 5.43. The first-order chi connectivity index (χ1) is 2.41. The third-order valence-corrected chi connectivity index (χ3v) is 1.73. The van der Waals surface area contributed by atoms with E-state index in [1.807, 2.05) is 0 Å². The first-order valence-corrected chi connectivity index (χ1v) is 3.86. The maximum absolute atomic E-state index is 2.25. The summed E-state index contributed by atoms with van der Waals surface area (Å²) in [5.74, 6) is 0. The molecule has 0 aromatic carbocycles. The van der Waals surface area contributed by atoms with Crippen molar-refractivity contribution in [1.29, 1.82) is 0 Å². The summed E-state index contributed by atoms with van der Waals surface area (Å²) in [6, 6.07) is 0. The summed E-state index contributed by atoms with van der Waals surface area (Å²) in [5.41, 5.74) is 0. The van der Waals surface area contributed by atoms with Gasteiger partial charge in [0, 0.05) is 0 Å². The van der Waals surface area contributed by atoms with Crippen LogP contribution < -0.4 is 0 Å². The van der Waals surface area contributed by atoms with Crippen molar-refractivity contribution in [2.45, 2.75) is 13.8 Å². The van der Waals surface area contributed by atoms with Crippen LogP contribution in [0.4, 0.5) is 0 Å². The molecular weight excluding hydrogens is 79.0 g/mol. The highest BCUT2D eigenvalue weighted by Crippen LogP contribution is 2.03. The van der Waals surface area contributed by atoms with E-state index in [4.69, 9.17) is 0 Å². The smallest absolute Gasteiger partial charge is 0.0314 e. The van der Waals surface area contributed by atoms with Gasteiger partial charge < -0.3 is 0 Å². The van der Waals surface area contributed by atoms with Crippen LogP contribution in [0.5, 0.6) is 0 Å². The van der Waals surface area contributed by atoms with Crippen molar-refractivity contribution in [3.8, 4) is 0 Å². The van der Waals surface area contributed by atoms with Crippen molar-refractivity contribution in [1.82, 2.24) is 0 Å². The van der Waals surface area contributed by atoms with E-state index in [1.165, 1.54) is 12.3 Å². The lowest BCUT2D eigenvalue weighted by molar-refractivity contribution is 1.44. The van der Waals surface area contributed by atoms with E-state index in [0.717, 1.165) is 8.58 Å². The fourth-order valence-electron chi connectivity index (χ4n) is 0.289. The minimum atomic E-state index is 0.815. The molecule has 0 saturated carbocycles. The fraction of sp³-hybridized carbons (Fsp3) is 1.00. The Kier molecular flexibility index (Phi) is 4.81. The molecule has 0 nitrogen and oxygen atoms in total. The minimum Gasteiger partial charge on any atom is -0.0314 e. The van der Waals surface area contributed by atoms with Crippen LogP contribution in [-0.2, 0) is 0 Å². The summed E-state index contributed by atoms with van der Waals surface area (Å²) in [7, 11) is 0.815. The van der Waals surface area contributed by atoms with Crippen LogP contribution in [0.15, 0.2) is 0 Å². The summed E-state index contributed by atoms with van der Waals surface area (Å²) >= 11 is 0. The average molecular weight is 91.1 g/mol. The molecule has 0 radical (unpaired) electrons. The maximum Gasteiger partial charge on any atom is 0.0521 e. The third kappa shape index (κ3) is 4.43. The Bertz CT molecular complexity index is 11.1. The fourth-order valence-corrected chi connectivity index (χ4v) is 0.866. The SMILES string of the molecule is CC[PH2+]CC. The van der Waals surface area contributed by atoms with Gasteiger partial charge in [0.05, 0.1) is 12.3 Å². The van der Waals surface area contributed by atoms with Crippen molar-refractivity contribution >= 4 is 8.58 Å². The Labute approximate surface area is 35.7 Å². The standard InChI is InChI=1S/C4H11P/c1-3-5-4-2/h5H,3-4H2,1-2H3/p+1. The van der Waals surface area contributed by atoms with Gasteiger partial charge in [-0.2, -0.15) is 0 Å². The molecule has 0 aromatic rings. The Morgan fingerprint density at radius 3 is 1.60 bits per heavy atom. The summed E-state index contributed by atoms with van der Waals surface area (Å²) in [4.78, 5) is 0. The van der Waals surface area contributed by atoms with Gasteiger partial charge in [-0.25, -0.2) is 0 Å². The molecule has 0 atom stereocenters. The van der Waals surface area contributed by atoms with Crippen LogP contribution in [0.25, 0.3) is 0 Å². The molecule has 5 heavy (non-hydrogen) atoms. The van der Waals surface area contributed by atoms with Crippen LogP contribution in [0, 0.1) is 0 Å². The molecule has 0 spiro atoms. The predicted octanol–water partition coefficient (Wildman–Crippen LogP) is 1.44. The Balaban J connectivity index is 2.19. The molecule has 0 bridgehead atoms. The molecule has 0 fully saturated rings. The molecule has 0 saturated heterocycles. The van der Waals surface area contributed by atoms with Gasteiger partial charge >= 0.3 is 0 Å². The maximum atomic E-state index is 2.25. The Morgan fingerprint density at radius 2 is 1.60 bits per heavy atom. The average Bonchev–Trinajstić information content (AvgIpc) is 1.41. The molecule has 32 valence electrons. The number of hydrogen-bond donors (Lipinski definition) is 0. The van der Waals surface area contributed by atoms with E-state index in [9.17, 15) is 0 Å². The van der Waals surface area contributed by atoms with Crippen LogP contribution >= 0.6 is 8.58 Å². The Hall–Kier alpha value is 0.430. The highest BCUT2D eigenvalue weighted by atomic mass is 31.1. The second-order valence-corrected chi connectivity index (χ2v) is 3.32. The first-order valence-electron chi connectivity index (χ1n) is 2.23. The van der Waals surface area contributed by atoms with E-state index in [0.29, 0.717) is 0 Å². The van der Waals surface area contributed by atoms with Crippen molar-refractivity contribution < 1.29 is 0 Å². The topological polar surface area (TPSA) is 0 Å². The van der Waals surface area contributed by atoms with Gasteiger partial charge in [0.1, 0.15) is 0 Å². The molecule has 0 aliphatic heterocycles. The summed E-state index contributed by atoms with van der Waals surface area (Å²) in [6.07, 6.45) is 2.85. The minimum absolute atomic E-state index is 0.815. The van der Waals surface area contributed by atoms with E-state index in [2.05, 4.69) is 13.8 Å². The molecule has 0 aliphatic carbocycles. The zero-order valence-corrected chi connectivity index (χ0v) is 5.15. The van der Waals surface area contributed by atoms with Gasteiger partial charge in [-0.15, -0.1) is 0 Å². The normalized spacial score (nSPS) is 8.40. The van der Waals surface area contributed by atoms with Gasteiger partial charge in [0.25, 0.3) is 0 Å². The molecule has 1 heteroatoms. The second kappa shape index (κ2) is 4.43. The molecular formula is C4H12P+. The largest absolute Gasteiger partial charge is 0.0521 e. The summed E-state index contributed by atoms with van der Waals surface area (Å²) in [5, 5.41) is 0. The molecule has 0 N–H and O–H groups in total. The third-order valence-electron chi connectivity index (χ3n) is 0.577. The summed E-state index contributed by atoms with van der Waals surface area (Å²) < 4.78 is 0. The molecule has 0 amide bonds. The van der Waals surface area contributed by atoms with Crippen molar-refractivity contribution in [3.63, 3.8) is 0 Å². The lowest BCUT2D eigenvalue weighted by Gasteiger charge is -1.72. The predicted molar refractivity (Wildman–Crippen MR) is 30.8 cm³/mol. The number of rotatable bonds is 2. The van der Waals surface area contributed by atoms with Crippen LogP contribution in [0.2, 0.25) is 0 Å². The van der Waals surface area contributed by atoms with Gasteiger partial charge in [0.15, 0.2) is 0 Å². The quantitative estimate of drug-likeness (QED) is 0.451. The van der Waals surface area contributed by atoms with Crippen LogP contribution in [0.1, 0.15) is 13.8 Å². The lowest BCUT2D eigenvalue weighted by Crippen LogP contribution is -1.59. The molecule has 0 aliphatic rings. The van der Waals surface area contributed by atoms with Gasteiger partial charge in [-0.05, 0) is 22.4 Å². The number of hydrogen-bond acceptors (Lipinski definition) is 0. The molecule has 0 heterocycles. The zero-order chi connectivity index (χ0) is 4.12. The highest BCUT2D eigenvalue weighted by molar-refractivity contribution is 7.37. The molecule has 0 aromatic heterocycles. The van der Waals surface area contributed by atoms with Crippen molar-refractivity contribution in [2.75, 3.05) is 12.3 Å². The summed E-state index contributed by atoms with van der Waals surface area (Å²) in [6.45, 7) is 4.50. The van der Waals surface area contributed by atoms with Crippen LogP contribution in [-0.4, -0.2) is 12.3 Å². The van der Waals surface area contributed by atoms with E-state index in [1.54, 1.807) is 0 Å². The molecule has 0 rings (SSSR count). The Morgan fingerprint density at radius 1 is 1.20 bits per heavy atom. The van der Waals surface area contributed by atoms with Crippen LogP contribution in [0.3, 0.4) is 0 Å². The lowest BCUT2D eigenvalue weighted by atomic mass is 11.0. The van der Waals surface area contributed by atoms with Gasteiger partial charge in [0.2, 0.25) is 0 Å². The van der Waals surface area contributed by atoms with Gasteiger partial charge in [-0.3, -0.25) is 0 Å². The molecule has 0 unspecified atom stereocenters. The highest BCUT2D eigenvalue weighted by Gasteiger charge is 1.75. The van der Waals surface area contributed by atoms with Crippen molar-refractivity contribution in [3.05, 3.63) is 0 Å². The van der Waals surface area contributed by atoms with E-state index >= 15 is 0 Å². The van der Waals surface area contributed by atoms with Crippen molar-refractivity contribution in [2.24, 2.45) is 0 Å². The van der Waals surface area contributed by atoms with E-state index < -0.39 is 0 Å². The van der Waals surface area contributed by atoms with E-state index in [-0.39, 0.29) is 0 Å². The monoisotopic (exact) mass is 91.1 g/mol. The van der Waals surface area contributed by atoms with Gasteiger partial charge in [-0.1, -0.05) is 0 Å².